The van der Waals surface area contributed by atoms with Gasteiger partial charge in [-0.05, 0) is 37.0 Å². The van der Waals surface area contributed by atoms with Crippen LogP contribution in [0.1, 0.15) is 44.6 Å². The minimum atomic E-state index is -4.46. The van der Waals surface area contributed by atoms with Gasteiger partial charge in [-0.15, -0.1) is 0 Å². The number of alkyl halides is 3. The lowest BCUT2D eigenvalue weighted by molar-refractivity contribution is -0.137. The molecule has 1 aliphatic rings. The molecule has 4 nitrogen and oxygen atoms in total. The van der Waals surface area contributed by atoms with Gasteiger partial charge >= 0.3 is 6.18 Å². The fraction of sp³-hybridized carbons (Fsp3) is 0.565. The second-order valence-corrected chi connectivity index (χ2v) is 7.75. The van der Waals surface area contributed by atoms with Crippen molar-refractivity contribution in [2.75, 3.05) is 6.61 Å². The van der Waals surface area contributed by atoms with Crippen LogP contribution in [0.4, 0.5) is 13.2 Å². The van der Waals surface area contributed by atoms with Crippen molar-refractivity contribution in [1.82, 2.24) is 0 Å². The van der Waals surface area contributed by atoms with E-state index < -0.39 is 30.1 Å². The molecule has 0 radical (unpaired) electrons. The molecule has 1 fully saturated rings. The van der Waals surface area contributed by atoms with Gasteiger partial charge in [0.1, 0.15) is 18.5 Å². The maximum atomic E-state index is 12.7. The Bertz CT molecular complexity index is 702. The second kappa shape index (κ2) is 11.5. The Kier molecular flexibility index (Phi) is 9.39. The molecule has 1 aromatic rings. The van der Waals surface area contributed by atoms with Gasteiger partial charge in [-0.2, -0.15) is 13.2 Å². The molecule has 0 aliphatic heterocycles. The summed E-state index contributed by atoms with van der Waals surface area (Å²) in [6.07, 6.45) is 4.51. The highest BCUT2D eigenvalue weighted by atomic mass is 19.4. The van der Waals surface area contributed by atoms with Crippen LogP contribution in [0.25, 0.3) is 0 Å². The zero-order chi connectivity index (χ0) is 22.1. The first-order valence-electron chi connectivity index (χ1n) is 10.4. The van der Waals surface area contributed by atoms with Crippen molar-refractivity contribution in [2.45, 2.75) is 63.5 Å². The minimum absolute atomic E-state index is 0.0173. The number of aliphatic hydroxyl groups excluding tert-OH is 3. The fourth-order valence-electron chi connectivity index (χ4n) is 3.66. The SMILES string of the molecule is CCCC/C=C/CC1C(O)CC(O)C1/C=C/C(O)COc1cccc(C(F)(F)F)c1. The van der Waals surface area contributed by atoms with E-state index >= 15 is 0 Å². The molecule has 1 saturated carbocycles. The summed E-state index contributed by atoms with van der Waals surface area (Å²) in [5.41, 5.74) is -0.817. The molecule has 0 aromatic heterocycles. The number of allylic oxidation sites excluding steroid dienone is 2. The Labute approximate surface area is 175 Å². The van der Waals surface area contributed by atoms with E-state index in [9.17, 15) is 28.5 Å². The summed E-state index contributed by atoms with van der Waals surface area (Å²) in [5.74, 6) is -0.437. The van der Waals surface area contributed by atoms with Crippen LogP contribution in [0.5, 0.6) is 5.75 Å². The summed E-state index contributed by atoms with van der Waals surface area (Å²) in [5, 5.41) is 30.6. The summed E-state index contributed by atoms with van der Waals surface area (Å²) in [6.45, 7) is 1.90. The Morgan fingerprint density at radius 1 is 1.20 bits per heavy atom. The number of unbranched alkanes of at least 4 members (excludes halogenated alkanes) is 2. The van der Waals surface area contributed by atoms with Crippen molar-refractivity contribution < 1.29 is 33.2 Å². The van der Waals surface area contributed by atoms with E-state index in [4.69, 9.17) is 4.74 Å². The largest absolute Gasteiger partial charge is 0.491 e. The quantitative estimate of drug-likeness (QED) is 0.379. The Hall–Kier alpha value is -1.83. The number of halogens is 3. The summed E-state index contributed by atoms with van der Waals surface area (Å²) < 4.78 is 43.5. The number of ether oxygens (including phenoxy) is 1. The van der Waals surface area contributed by atoms with E-state index in [1.807, 2.05) is 6.08 Å². The zero-order valence-corrected chi connectivity index (χ0v) is 17.1. The molecule has 168 valence electrons. The highest BCUT2D eigenvalue weighted by Gasteiger charge is 2.39. The maximum Gasteiger partial charge on any atom is 0.416 e. The fourth-order valence-corrected chi connectivity index (χ4v) is 3.66. The van der Waals surface area contributed by atoms with Gasteiger partial charge in [0.05, 0.1) is 17.8 Å². The molecule has 1 aliphatic carbocycles. The molecule has 0 bridgehead atoms. The van der Waals surface area contributed by atoms with Gasteiger partial charge in [-0.1, -0.05) is 50.1 Å². The van der Waals surface area contributed by atoms with Crippen LogP contribution in [-0.4, -0.2) is 40.2 Å². The Morgan fingerprint density at radius 3 is 2.67 bits per heavy atom. The molecule has 2 rings (SSSR count). The average molecular weight is 428 g/mol. The van der Waals surface area contributed by atoms with Gasteiger partial charge in [-0.25, -0.2) is 0 Å². The van der Waals surface area contributed by atoms with E-state index in [-0.39, 0.29) is 30.6 Å². The van der Waals surface area contributed by atoms with Crippen LogP contribution < -0.4 is 4.74 Å². The molecule has 7 heteroatoms. The molecule has 5 unspecified atom stereocenters. The van der Waals surface area contributed by atoms with Gasteiger partial charge in [0.2, 0.25) is 0 Å². The minimum Gasteiger partial charge on any atom is -0.491 e. The van der Waals surface area contributed by atoms with Crippen LogP contribution in [0.3, 0.4) is 0 Å². The van der Waals surface area contributed by atoms with Gasteiger partial charge < -0.3 is 20.1 Å². The predicted molar refractivity (Wildman–Crippen MR) is 109 cm³/mol. The molecule has 1 aromatic carbocycles. The second-order valence-electron chi connectivity index (χ2n) is 7.75. The lowest BCUT2D eigenvalue weighted by Crippen LogP contribution is -2.21. The molecule has 5 atom stereocenters. The summed E-state index contributed by atoms with van der Waals surface area (Å²) in [4.78, 5) is 0. The van der Waals surface area contributed by atoms with Crippen LogP contribution >= 0.6 is 0 Å². The average Bonchev–Trinajstić information content (AvgIpc) is 2.96. The first-order valence-corrected chi connectivity index (χ1v) is 10.4. The number of hydrogen-bond acceptors (Lipinski definition) is 4. The number of rotatable bonds is 10. The van der Waals surface area contributed by atoms with Crippen molar-refractivity contribution in [3.8, 4) is 5.75 Å². The van der Waals surface area contributed by atoms with Crippen LogP contribution in [0.2, 0.25) is 0 Å². The first-order chi connectivity index (χ1) is 14.2. The number of hydrogen-bond donors (Lipinski definition) is 3. The van der Waals surface area contributed by atoms with Gasteiger partial charge in [-0.3, -0.25) is 0 Å². The molecular weight excluding hydrogens is 397 g/mol. The van der Waals surface area contributed by atoms with Crippen molar-refractivity contribution in [3.63, 3.8) is 0 Å². The van der Waals surface area contributed by atoms with Crippen LogP contribution in [0, 0.1) is 11.8 Å². The molecule has 3 N–H and O–H groups in total. The zero-order valence-electron chi connectivity index (χ0n) is 17.1. The van der Waals surface area contributed by atoms with Crippen molar-refractivity contribution >= 4 is 0 Å². The third-order valence-electron chi connectivity index (χ3n) is 5.35. The smallest absolute Gasteiger partial charge is 0.416 e. The van der Waals surface area contributed by atoms with E-state index in [2.05, 4.69) is 13.0 Å². The van der Waals surface area contributed by atoms with Crippen molar-refractivity contribution in [3.05, 3.63) is 54.1 Å². The van der Waals surface area contributed by atoms with Gasteiger partial charge in [0.15, 0.2) is 0 Å². The lowest BCUT2D eigenvalue weighted by atomic mass is 9.89. The summed E-state index contributed by atoms with van der Waals surface area (Å²) in [6, 6.07) is 4.47. The molecule has 0 saturated heterocycles. The highest BCUT2D eigenvalue weighted by Crippen LogP contribution is 2.36. The predicted octanol–water partition coefficient (Wildman–Crippen LogP) is 4.50. The van der Waals surface area contributed by atoms with E-state index in [1.165, 1.54) is 18.2 Å². The topological polar surface area (TPSA) is 69.9 Å². The molecule has 0 amide bonds. The van der Waals surface area contributed by atoms with Crippen molar-refractivity contribution in [1.29, 1.82) is 0 Å². The third-order valence-corrected chi connectivity index (χ3v) is 5.35. The third kappa shape index (κ3) is 7.45. The van der Waals surface area contributed by atoms with E-state index in [0.29, 0.717) is 6.42 Å². The molecule has 0 heterocycles. The van der Waals surface area contributed by atoms with Crippen molar-refractivity contribution in [2.24, 2.45) is 11.8 Å². The lowest BCUT2D eigenvalue weighted by Gasteiger charge is -2.19. The number of benzene rings is 1. The summed E-state index contributed by atoms with van der Waals surface area (Å²) in [7, 11) is 0. The van der Waals surface area contributed by atoms with E-state index in [1.54, 1.807) is 6.08 Å². The van der Waals surface area contributed by atoms with Crippen LogP contribution in [0.15, 0.2) is 48.6 Å². The maximum absolute atomic E-state index is 12.7. The van der Waals surface area contributed by atoms with Gasteiger partial charge in [0.25, 0.3) is 0 Å². The standard InChI is InChI=1S/C23H31F3O4/c1-2-3-4-5-6-10-19-20(22(29)14-21(19)28)12-11-17(27)15-30-18-9-7-8-16(13-18)23(24,25)26/h5-9,11-13,17,19-22,27-29H,2-4,10,14-15H2,1H3/b6-5+,12-11+. The Balaban J connectivity index is 1.90. The molecule has 30 heavy (non-hydrogen) atoms. The van der Waals surface area contributed by atoms with Crippen LogP contribution in [-0.2, 0) is 6.18 Å². The molecular formula is C23H31F3O4. The van der Waals surface area contributed by atoms with E-state index in [0.717, 1.165) is 31.4 Å². The number of aliphatic hydroxyl groups is 3. The summed E-state index contributed by atoms with van der Waals surface area (Å²) >= 11 is 0. The normalized spacial score (nSPS) is 26.0. The first kappa shape index (κ1) is 24.4. The van der Waals surface area contributed by atoms with Gasteiger partial charge in [0, 0.05) is 12.3 Å². The molecule has 0 spiro atoms. The monoisotopic (exact) mass is 428 g/mol. The Morgan fingerprint density at radius 2 is 1.97 bits per heavy atom. The highest BCUT2D eigenvalue weighted by molar-refractivity contribution is 5.30.